The van der Waals surface area contributed by atoms with Gasteiger partial charge in [0.2, 0.25) is 0 Å². The zero-order valence-electron chi connectivity index (χ0n) is 12.6. The molecule has 0 radical (unpaired) electrons. The Morgan fingerprint density at radius 2 is 1.17 bits per heavy atom. The summed E-state index contributed by atoms with van der Waals surface area (Å²) in [4.78, 5) is 0. The second-order valence-corrected chi connectivity index (χ2v) is 5.95. The second-order valence-electron chi connectivity index (χ2n) is 5.95. The van der Waals surface area contributed by atoms with E-state index in [4.69, 9.17) is 0 Å². The van der Waals surface area contributed by atoms with Crippen LogP contribution in [0.5, 0.6) is 0 Å². The van der Waals surface area contributed by atoms with Crippen LogP contribution in [0.4, 0.5) is 0 Å². The van der Waals surface area contributed by atoms with E-state index in [0.29, 0.717) is 0 Å². The molecule has 0 heterocycles. The summed E-state index contributed by atoms with van der Waals surface area (Å²) in [7, 11) is 0. The lowest BCUT2D eigenvalue weighted by Crippen LogP contribution is -2.19. The number of aliphatic hydroxyl groups excluding tert-OH is 2. The van der Waals surface area contributed by atoms with Gasteiger partial charge in [-0.2, -0.15) is 0 Å². The first-order valence-corrected chi connectivity index (χ1v) is 7.47. The van der Waals surface area contributed by atoms with Crippen molar-refractivity contribution in [2.24, 2.45) is 0 Å². The van der Waals surface area contributed by atoms with Gasteiger partial charge in [-0.15, -0.1) is 0 Å². The van der Waals surface area contributed by atoms with Crippen LogP contribution >= 0.6 is 0 Å². The molecule has 112 valence electrons. The second kappa shape index (κ2) is 4.50. The van der Waals surface area contributed by atoms with E-state index in [1.165, 1.54) is 0 Å². The normalized spacial score (nSPS) is 16.5. The summed E-state index contributed by atoms with van der Waals surface area (Å²) in [5.74, 6) is 0.466. The van der Waals surface area contributed by atoms with Crippen molar-refractivity contribution in [2.45, 2.75) is 5.41 Å². The molecule has 0 atom stereocenters. The van der Waals surface area contributed by atoms with E-state index < -0.39 is 5.41 Å². The van der Waals surface area contributed by atoms with Crippen molar-refractivity contribution in [1.29, 1.82) is 0 Å². The average Bonchev–Trinajstić information content (AvgIpc) is 3.02. The molecule has 0 aromatic heterocycles. The Kier molecular flexibility index (Phi) is 2.67. The zero-order chi connectivity index (χ0) is 16.2. The lowest BCUT2D eigenvalue weighted by molar-refractivity contribution is 0.511. The molecule has 2 aromatic rings. The Morgan fingerprint density at radius 1 is 0.739 bits per heavy atom. The van der Waals surface area contributed by atoms with Gasteiger partial charge >= 0.3 is 0 Å². The first kappa shape index (κ1) is 13.6. The molecule has 1 spiro atoms. The third kappa shape index (κ3) is 1.69. The van der Waals surface area contributed by atoms with Gasteiger partial charge in [0.15, 0.2) is 0 Å². The fourth-order valence-electron chi connectivity index (χ4n) is 3.59. The van der Waals surface area contributed by atoms with E-state index in [2.05, 4.69) is 13.2 Å². The number of rotatable bonds is 2. The Bertz CT molecular complexity index is 851. The molecule has 2 aliphatic carbocycles. The van der Waals surface area contributed by atoms with Gasteiger partial charge in [0.1, 0.15) is 11.5 Å². The Hall–Kier alpha value is -3.00. The SMILES string of the molecule is C=Cc1ccc2c(c1)C1(C=C2O)C=C(O)c2ccc(C=C)cc21. The van der Waals surface area contributed by atoms with Crippen LogP contribution in [0.25, 0.3) is 23.7 Å². The number of allylic oxidation sites excluding steroid dienone is 2. The fraction of sp³-hybridized carbons (Fsp3) is 0.0476. The van der Waals surface area contributed by atoms with Crippen molar-refractivity contribution in [3.05, 3.63) is 95.1 Å². The molecule has 2 nitrogen and oxygen atoms in total. The van der Waals surface area contributed by atoms with Crippen molar-refractivity contribution < 1.29 is 10.2 Å². The largest absolute Gasteiger partial charge is 0.508 e. The highest BCUT2D eigenvalue weighted by molar-refractivity contribution is 5.85. The molecular formula is C21H16O2. The molecule has 0 saturated carbocycles. The number of benzene rings is 2. The first-order valence-electron chi connectivity index (χ1n) is 7.47. The van der Waals surface area contributed by atoms with Gasteiger partial charge < -0.3 is 10.2 Å². The Morgan fingerprint density at radius 3 is 1.57 bits per heavy atom. The summed E-state index contributed by atoms with van der Waals surface area (Å²) in [5.41, 5.74) is 4.81. The number of hydrogen-bond acceptors (Lipinski definition) is 2. The minimum Gasteiger partial charge on any atom is -0.508 e. The minimum atomic E-state index is -0.642. The predicted molar refractivity (Wildman–Crippen MR) is 95.1 cm³/mol. The molecule has 0 fully saturated rings. The molecule has 4 rings (SSSR count). The van der Waals surface area contributed by atoms with E-state index in [1.54, 1.807) is 24.3 Å². The van der Waals surface area contributed by atoms with E-state index >= 15 is 0 Å². The molecule has 0 aliphatic heterocycles. The molecule has 0 amide bonds. The quantitative estimate of drug-likeness (QED) is 0.811. The van der Waals surface area contributed by atoms with Crippen LogP contribution in [0.2, 0.25) is 0 Å². The van der Waals surface area contributed by atoms with Crippen molar-refractivity contribution in [3.63, 3.8) is 0 Å². The third-order valence-corrected chi connectivity index (χ3v) is 4.73. The van der Waals surface area contributed by atoms with Gasteiger partial charge in [-0.1, -0.05) is 49.6 Å². The van der Waals surface area contributed by atoms with E-state index in [9.17, 15) is 10.2 Å². The predicted octanol–water partition coefficient (Wildman–Crippen LogP) is 5.08. The van der Waals surface area contributed by atoms with Crippen LogP contribution in [0.15, 0.2) is 61.7 Å². The highest BCUT2D eigenvalue weighted by atomic mass is 16.3. The van der Waals surface area contributed by atoms with E-state index in [1.807, 2.05) is 36.4 Å². The summed E-state index contributed by atoms with van der Waals surface area (Å²) in [6, 6.07) is 11.7. The van der Waals surface area contributed by atoms with Gasteiger partial charge in [0, 0.05) is 11.1 Å². The maximum Gasteiger partial charge on any atom is 0.120 e. The summed E-state index contributed by atoms with van der Waals surface area (Å²) >= 11 is 0. The van der Waals surface area contributed by atoms with Crippen LogP contribution in [-0.2, 0) is 5.41 Å². The van der Waals surface area contributed by atoms with Gasteiger partial charge in [0.25, 0.3) is 0 Å². The van der Waals surface area contributed by atoms with E-state index in [0.717, 1.165) is 33.4 Å². The van der Waals surface area contributed by atoms with Crippen LogP contribution in [0.1, 0.15) is 33.4 Å². The molecule has 23 heavy (non-hydrogen) atoms. The number of fused-ring (bicyclic) bond motifs is 4. The molecule has 0 bridgehead atoms. The molecule has 2 aliphatic rings. The van der Waals surface area contributed by atoms with Gasteiger partial charge in [-0.05, 0) is 46.5 Å². The van der Waals surface area contributed by atoms with Crippen LogP contribution < -0.4 is 0 Å². The molecule has 0 saturated heterocycles. The smallest absolute Gasteiger partial charge is 0.120 e. The maximum atomic E-state index is 10.4. The summed E-state index contributed by atoms with van der Waals surface area (Å²) in [6.07, 6.45) is 7.17. The van der Waals surface area contributed by atoms with Crippen LogP contribution in [0, 0.1) is 0 Å². The van der Waals surface area contributed by atoms with Crippen molar-refractivity contribution >= 4 is 23.7 Å². The molecule has 2 aromatic carbocycles. The third-order valence-electron chi connectivity index (χ3n) is 4.73. The highest BCUT2D eigenvalue weighted by Crippen LogP contribution is 2.52. The monoisotopic (exact) mass is 300 g/mol. The van der Waals surface area contributed by atoms with Crippen LogP contribution in [0.3, 0.4) is 0 Å². The molecule has 0 unspecified atom stereocenters. The topological polar surface area (TPSA) is 40.5 Å². The standard InChI is InChI=1S/C21H16O2/c1-3-13-5-7-15-17(9-13)21(11-19(15)22)12-20(23)16-8-6-14(4-2)10-18(16)21/h3-12,22-23H,1-2H2. The van der Waals surface area contributed by atoms with Crippen molar-refractivity contribution in [2.75, 3.05) is 0 Å². The van der Waals surface area contributed by atoms with E-state index in [-0.39, 0.29) is 11.5 Å². The Labute approximate surface area is 135 Å². The first-order chi connectivity index (χ1) is 11.1. The molecule has 2 N–H and O–H groups in total. The van der Waals surface area contributed by atoms with Gasteiger partial charge in [-0.25, -0.2) is 0 Å². The fourth-order valence-corrected chi connectivity index (χ4v) is 3.59. The maximum absolute atomic E-state index is 10.4. The average molecular weight is 300 g/mol. The Balaban J connectivity index is 2.06. The molecule has 2 heteroatoms. The minimum absolute atomic E-state index is 0.233. The van der Waals surface area contributed by atoms with Gasteiger partial charge in [-0.3, -0.25) is 0 Å². The summed E-state index contributed by atoms with van der Waals surface area (Å²) in [5, 5.41) is 20.8. The molecular weight excluding hydrogens is 284 g/mol. The summed E-state index contributed by atoms with van der Waals surface area (Å²) in [6.45, 7) is 7.64. The number of hydrogen-bond donors (Lipinski definition) is 2. The van der Waals surface area contributed by atoms with Crippen molar-refractivity contribution in [3.8, 4) is 0 Å². The number of aliphatic hydroxyl groups is 2. The lowest BCUT2D eigenvalue weighted by atomic mass is 9.77. The highest BCUT2D eigenvalue weighted by Gasteiger charge is 2.44. The zero-order valence-corrected chi connectivity index (χ0v) is 12.6. The van der Waals surface area contributed by atoms with Crippen molar-refractivity contribution in [1.82, 2.24) is 0 Å². The van der Waals surface area contributed by atoms with Gasteiger partial charge in [0.05, 0.1) is 5.41 Å². The lowest BCUT2D eigenvalue weighted by Gasteiger charge is -2.23. The van der Waals surface area contributed by atoms with Crippen LogP contribution in [-0.4, -0.2) is 10.2 Å². The summed E-state index contributed by atoms with van der Waals surface area (Å²) < 4.78 is 0.